The molecule has 0 aliphatic carbocycles. The third-order valence-corrected chi connectivity index (χ3v) is 4.30. The Kier molecular flexibility index (Phi) is 6.10. The van der Waals surface area contributed by atoms with Gasteiger partial charge >= 0.3 is 0 Å². The van der Waals surface area contributed by atoms with Crippen LogP contribution in [-0.4, -0.2) is 36.6 Å². The molecule has 0 unspecified atom stereocenters. The summed E-state index contributed by atoms with van der Waals surface area (Å²) in [4.78, 5) is 12.6. The first-order valence-corrected chi connectivity index (χ1v) is 8.38. The van der Waals surface area contributed by atoms with Crippen molar-refractivity contribution in [3.63, 3.8) is 0 Å². The van der Waals surface area contributed by atoms with Crippen molar-refractivity contribution in [2.24, 2.45) is 5.10 Å². The Balaban J connectivity index is 2.23. The number of allylic oxidation sites excluding steroid dienone is 1. The summed E-state index contributed by atoms with van der Waals surface area (Å²) in [6, 6.07) is 5.17. The second-order valence-corrected chi connectivity index (χ2v) is 6.36. The standard InChI is InChI=1S/C17H22N2O3S/c1-5-6-7-19-17(23-12(2)18-19)11-16(20)13-8-14(21-3)10-15(9-13)22-4/h8-11H,5-7H2,1-4H3/b17-11-. The second-order valence-electron chi connectivity index (χ2n) is 5.15. The molecule has 0 N–H and O–H groups in total. The third kappa shape index (κ3) is 4.51. The maximum atomic E-state index is 12.6. The van der Waals surface area contributed by atoms with Gasteiger partial charge in [-0.15, -0.1) is 0 Å². The summed E-state index contributed by atoms with van der Waals surface area (Å²) in [6.45, 7) is 4.90. The van der Waals surface area contributed by atoms with E-state index in [1.54, 1.807) is 38.5 Å². The Morgan fingerprint density at radius 1 is 1.26 bits per heavy atom. The molecule has 0 bridgehead atoms. The highest BCUT2D eigenvalue weighted by atomic mass is 32.2. The molecule has 0 saturated heterocycles. The first kappa shape index (κ1) is 17.4. The van der Waals surface area contributed by atoms with Crippen LogP contribution in [0.1, 0.15) is 37.0 Å². The lowest BCUT2D eigenvalue weighted by atomic mass is 10.1. The van der Waals surface area contributed by atoms with E-state index in [2.05, 4.69) is 12.0 Å². The van der Waals surface area contributed by atoms with Gasteiger partial charge in [-0.25, -0.2) is 0 Å². The molecular formula is C17H22N2O3S. The van der Waals surface area contributed by atoms with Gasteiger partial charge in [-0.2, -0.15) is 5.10 Å². The molecule has 1 aliphatic rings. The number of ketones is 1. The van der Waals surface area contributed by atoms with Crippen molar-refractivity contribution >= 4 is 22.6 Å². The van der Waals surface area contributed by atoms with Crippen molar-refractivity contribution in [3.8, 4) is 11.5 Å². The van der Waals surface area contributed by atoms with Crippen molar-refractivity contribution in [2.75, 3.05) is 20.8 Å². The normalized spacial score (nSPS) is 15.7. The van der Waals surface area contributed by atoms with Crippen LogP contribution in [0.2, 0.25) is 0 Å². The quantitative estimate of drug-likeness (QED) is 0.559. The minimum atomic E-state index is -0.0869. The number of benzene rings is 1. The van der Waals surface area contributed by atoms with Gasteiger partial charge in [0, 0.05) is 24.3 Å². The van der Waals surface area contributed by atoms with E-state index < -0.39 is 0 Å². The molecule has 1 heterocycles. The van der Waals surface area contributed by atoms with E-state index >= 15 is 0 Å². The van der Waals surface area contributed by atoms with Gasteiger partial charge < -0.3 is 9.47 Å². The highest BCUT2D eigenvalue weighted by Gasteiger charge is 2.20. The fourth-order valence-electron chi connectivity index (χ4n) is 2.16. The van der Waals surface area contributed by atoms with Gasteiger partial charge in [0.05, 0.1) is 19.3 Å². The molecule has 124 valence electrons. The van der Waals surface area contributed by atoms with Crippen LogP contribution in [0.15, 0.2) is 34.4 Å². The van der Waals surface area contributed by atoms with Gasteiger partial charge in [0.2, 0.25) is 0 Å². The first-order valence-electron chi connectivity index (χ1n) is 7.57. The lowest BCUT2D eigenvalue weighted by Gasteiger charge is -2.14. The average molecular weight is 334 g/mol. The first-order chi connectivity index (χ1) is 11.1. The summed E-state index contributed by atoms with van der Waals surface area (Å²) in [7, 11) is 3.13. The SMILES string of the molecule is CCCCN1N=C(C)S/C1=C\C(=O)c1cc(OC)cc(OC)c1. The highest BCUT2D eigenvalue weighted by Crippen LogP contribution is 2.31. The van der Waals surface area contributed by atoms with Gasteiger partial charge in [-0.3, -0.25) is 9.80 Å². The zero-order valence-corrected chi connectivity index (χ0v) is 14.8. The minimum Gasteiger partial charge on any atom is -0.497 e. The smallest absolute Gasteiger partial charge is 0.188 e. The van der Waals surface area contributed by atoms with E-state index in [0.29, 0.717) is 17.1 Å². The molecule has 5 nitrogen and oxygen atoms in total. The van der Waals surface area contributed by atoms with Gasteiger partial charge in [0.1, 0.15) is 16.5 Å². The molecule has 0 fully saturated rings. The van der Waals surface area contributed by atoms with E-state index in [1.807, 2.05) is 11.9 Å². The zero-order chi connectivity index (χ0) is 16.8. The fraction of sp³-hybridized carbons (Fsp3) is 0.412. The number of hydrogen-bond donors (Lipinski definition) is 0. The van der Waals surface area contributed by atoms with E-state index in [9.17, 15) is 4.79 Å². The molecular weight excluding hydrogens is 312 g/mol. The number of methoxy groups -OCH3 is 2. The molecule has 6 heteroatoms. The van der Waals surface area contributed by atoms with E-state index in [4.69, 9.17) is 9.47 Å². The van der Waals surface area contributed by atoms with Crippen molar-refractivity contribution in [1.29, 1.82) is 0 Å². The number of rotatable bonds is 7. The summed E-state index contributed by atoms with van der Waals surface area (Å²) in [5.41, 5.74) is 0.536. The second kappa shape index (κ2) is 8.06. The molecule has 0 radical (unpaired) electrons. The molecule has 2 rings (SSSR count). The number of thioether (sulfide) groups is 1. The zero-order valence-electron chi connectivity index (χ0n) is 14.0. The summed E-state index contributed by atoms with van der Waals surface area (Å²) >= 11 is 1.52. The number of ether oxygens (including phenoxy) is 2. The largest absolute Gasteiger partial charge is 0.497 e. The Morgan fingerprint density at radius 2 is 1.91 bits per heavy atom. The summed E-state index contributed by atoms with van der Waals surface area (Å²) in [5.74, 6) is 1.11. The molecule has 1 aliphatic heterocycles. The van der Waals surface area contributed by atoms with E-state index in [0.717, 1.165) is 29.5 Å². The molecule has 0 spiro atoms. The van der Waals surface area contributed by atoms with Crippen LogP contribution in [0, 0.1) is 0 Å². The molecule has 1 aromatic rings. The predicted molar refractivity (Wildman–Crippen MR) is 94.3 cm³/mol. The van der Waals surface area contributed by atoms with Crippen molar-refractivity contribution in [3.05, 3.63) is 34.9 Å². The molecule has 0 saturated carbocycles. The van der Waals surface area contributed by atoms with Crippen molar-refractivity contribution < 1.29 is 14.3 Å². The Hall–Kier alpha value is -1.95. The highest BCUT2D eigenvalue weighted by molar-refractivity contribution is 8.17. The van der Waals surface area contributed by atoms with Crippen molar-refractivity contribution in [1.82, 2.24) is 5.01 Å². The molecule has 0 amide bonds. The van der Waals surface area contributed by atoms with Gasteiger partial charge in [-0.1, -0.05) is 25.1 Å². The van der Waals surface area contributed by atoms with Crippen LogP contribution in [0.25, 0.3) is 0 Å². The van der Waals surface area contributed by atoms with Crippen LogP contribution >= 0.6 is 11.8 Å². The molecule has 1 aromatic carbocycles. The van der Waals surface area contributed by atoms with Crippen LogP contribution in [-0.2, 0) is 0 Å². The molecule has 23 heavy (non-hydrogen) atoms. The van der Waals surface area contributed by atoms with E-state index in [1.165, 1.54) is 11.8 Å². The van der Waals surface area contributed by atoms with Crippen LogP contribution in [0.4, 0.5) is 0 Å². The monoisotopic (exact) mass is 334 g/mol. The number of unbranched alkanes of at least 4 members (excludes halogenated alkanes) is 1. The number of hydrazone groups is 1. The van der Waals surface area contributed by atoms with Crippen LogP contribution in [0.5, 0.6) is 11.5 Å². The fourth-order valence-corrected chi connectivity index (χ4v) is 3.01. The van der Waals surface area contributed by atoms with Gasteiger partial charge in [0.25, 0.3) is 0 Å². The maximum absolute atomic E-state index is 12.6. The lowest BCUT2D eigenvalue weighted by Crippen LogP contribution is -2.14. The van der Waals surface area contributed by atoms with Gasteiger partial charge in [0.15, 0.2) is 5.78 Å². The maximum Gasteiger partial charge on any atom is 0.188 e. The Labute approximate surface area is 141 Å². The van der Waals surface area contributed by atoms with Crippen molar-refractivity contribution in [2.45, 2.75) is 26.7 Å². The number of carbonyl (C=O) groups excluding carboxylic acids is 1. The van der Waals surface area contributed by atoms with Crippen LogP contribution in [0.3, 0.4) is 0 Å². The third-order valence-electron chi connectivity index (χ3n) is 3.38. The molecule has 0 atom stereocenters. The predicted octanol–water partition coefficient (Wildman–Crippen LogP) is 3.91. The van der Waals surface area contributed by atoms with E-state index in [-0.39, 0.29) is 5.78 Å². The van der Waals surface area contributed by atoms with Gasteiger partial charge in [-0.05, 0) is 25.5 Å². The number of nitrogens with zero attached hydrogens (tertiary/aromatic N) is 2. The average Bonchev–Trinajstić information content (AvgIpc) is 2.91. The number of hydrogen-bond acceptors (Lipinski definition) is 6. The minimum absolute atomic E-state index is 0.0869. The summed E-state index contributed by atoms with van der Waals surface area (Å²) < 4.78 is 10.4. The lowest BCUT2D eigenvalue weighted by molar-refractivity contribution is 0.104. The molecule has 0 aromatic heterocycles. The summed E-state index contributed by atoms with van der Waals surface area (Å²) in [6.07, 6.45) is 3.76. The Morgan fingerprint density at radius 3 is 2.48 bits per heavy atom. The Bertz CT molecular complexity index is 618. The van der Waals surface area contributed by atoms with Crippen LogP contribution < -0.4 is 9.47 Å². The number of carbonyl (C=O) groups is 1. The topological polar surface area (TPSA) is 51.1 Å². The summed E-state index contributed by atoms with van der Waals surface area (Å²) in [5, 5.41) is 8.18.